The second-order valence-corrected chi connectivity index (χ2v) is 2.46. The van der Waals surface area contributed by atoms with Gasteiger partial charge < -0.3 is 16.5 Å². The number of nitrogens with one attached hydrogen (secondary N) is 2. The third kappa shape index (κ3) is 1.40. The van der Waals surface area contributed by atoms with Crippen LogP contribution in [0.4, 0.5) is 0 Å². The van der Waals surface area contributed by atoms with Crippen LogP contribution in [0.1, 0.15) is 6.42 Å². The highest BCUT2D eigenvalue weighted by molar-refractivity contribution is 5.04. The van der Waals surface area contributed by atoms with E-state index in [0.717, 1.165) is 25.2 Å². The molecule has 0 spiro atoms. The largest absolute Gasteiger partial charge is 0.403 e. The smallest absolute Gasteiger partial charge is 0.0457 e. The molecule has 58 valence electrons. The first-order valence-electron chi connectivity index (χ1n) is 3.47. The van der Waals surface area contributed by atoms with Crippen LogP contribution in [0, 0.1) is 5.92 Å². The highest BCUT2D eigenvalue weighted by Crippen LogP contribution is 2.13. The van der Waals surface area contributed by atoms with E-state index in [1.54, 1.807) is 0 Å². The summed E-state index contributed by atoms with van der Waals surface area (Å²) in [7, 11) is 0. The molecule has 1 aliphatic heterocycles. The summed E-state index contributed by atoms with van der Waals surface area (Å²) < 4.78 is 0. The molecular weight excluding hydrogens is 128 g/mol. The Morgan fingerprint density at radius 3 is 2.90 bits per heavy atom. The summed E-state index contributed by atoms with van der Waals surface area (Å²) in [4.78, 5) is 0. The third-order valence-corrected chi connectivity index (χ3v) is 1.85. The Bertz CT molecular complexity index is 126. The normalized spacial score (nSPS) is 26.9. The zero-order valence-corrected chi connectivity index (χ0v) is 5.93. The minimum absolute atomic E-state index is 0.481. The molecule has 1 aliphatic rings. The van der Waals surface area contributed by atoms with E-state index in [2.05, 4.69) is 10.7 Å². The van der Waals surface area contributed by atoms with Gasteiger partial charge in [0.05, 0.1) is 0 Å². The Balaban J connectivity index is 2.45. The molecule has 0 saturated carbocycles. The molecule has 1 rings (SSSR count). The van der Waals surface area contributed by atoms with Crippen molar-refractivity contribution >= 4 is 0 Å². The van der Waals surface area contributed by atoms with Gasteiger partial charge in [-0.1, -0.05) is 0 Å². The molecule has 4 nitrogen and oxygen atoms in total. The van der Waals surface area contributed by atoms with Gasteiger partial charge in [0.2, 0.25) is 0 Å². The summed E-state index contributed by atoms with van der Waals surface area (Å²) in [5.41, 5.74) is 8.86. The fourth-order valence-corrected chi connectivity index (χ4v) is 1.22. The van der Waals surface area contributed by atoms with Crippen LogP contribution < -0.4 is 22.3 Å². The quantitative estimate of drug-likeness (QED) is 0.290. The fourth-order valence-electron chi connectivity index (χ4n) is 1.22. The van der Waals surface area contributed by atoms with Crippen molar-refractivity contribution in [3.05, 3.63) is 11.9 Å². The lowest BCUT2D eigenvalue weighted by molar-refractivity contribution is 0.613. The molecule has 0 aromatic heterocycles. The maximum atomic E-state index is 5.33. The van der Waals surface area contributed by atoms with Gasteiger partial charge >= 0.3 is 0 Å². The summed E-state index contributed by atoms with van der Waals surface area (Å²) in [6, 6.07) is 0. The van der Waals surface area contributed by atoms with E-state index in [1.165, 1.54) is 6.20 Å². The number of hydrogen-bond acceptors (Lipinski definition) is 4. The van der Waals surface area contributed by atoms with E-state index < -0.39 is 0 Å². The zero-order chi connectivity index (χ0) is 7.40. The van der Waals surface area contributed by atoms with E-state index >= 15 is 0 Å². The predicted octanol–water partition coefficient (Wildman–Crippen LogP) is -1.14. The van der Waals surface area contributed by atoms with Crippen molar-refractivity contribution in [1.82, 2.24) is 10.7 Å². The van der Waals surface area contributed by atoms with Crippen LogP contribution in [0.25, 0.3) is 0 Å². The number of rotatable bonds is 2. The van der Waals surface area contributed by atoms with Gasteiger partial charge in [0.15, 0.2) is 0 Å². The summed E-state index contributed by atoms with van der Waals surface area (Å²) in [6.45, 7) is 2.04. The third-order valence-electron chi connectivity index (χ3n) is 1.85. The van der Waals surface area contributed by atoms with Gasteiger partial charge in [-0.2, -0.15) is 0 Å². The van der Waals surface area contributed by atoms with Crippen molar-refractivity contribution in [1.29, 1.82) is 0 Å². The Morgan fingerprint density at radius 1 is 1.70 bits per heavy atom. The molecular formula is C6H14N4. The van der Waals surface area contributed by atoms with Crippen molar-refractivity contribution in [3.8, 4) is 0 Å². The average molecular weight is 142 g/mol. The lowest BCUT2D eigenvalue weighted by Crippen LogP contribution is -2.28. The van der Waals surface area contributed by atoms with Crippen molar-refractivity contribution in [2.45, 2.75) is 6.42 Å². The standard InChI is InChI=1S/C6H14N4/c7-3-6(10-8)5-1-2-9-4-5/h3,5,9-10H,1-2,4,7-8H2/b6-3-. The van der Waals surface area contributed by atoms with Gasteiger partial charge in [-0.3, -0.25) is 5.84 Å². The second kappa shape index (κ2) is 3.43. The zero-order valence-electron chi connectivity index (χ0n) is 5.93. The summed E-state index contributed by atoms with van der Waals surface area (Å²) in [5, 5.41) is 3.23. The van der Waals surface area contributed by atoms with E-state index in [0.29, 0.717) is 5.92 Å². The molecule has 6 N–H and O–H groups in total. The predicted molar refractivity (Wildman–Crippen MR) is 40.6 cm³/mol. The molecule has 1 atom stereocenters. The molecule has 0 amide bonds. The lowest BCUT2D eigenvalue weighted by atomic mass is 10.1. The first kappa shape index (κ1) is 7.37. The van der Waals surface area contributed by atoms with E-state index in [4.69, 9.17) is 11.6 Å². The lowest BCUT2D eigenvalue weighted by Gasteiger charge is -2.11. The maximum Gasteiger partial charge on any atom is 0.0457 e. The Labute approximate surface area is 60.6 Å². The van der Waals surface area contributed by atoms with Gasteiger partial charge in [0, 0.05) is 24.4 Å². The molecule has 0 aromatic carbocycles. The second-order valence-electron chi connectivity index (χ2n) is 2.46. The molecule has 10 heavy (non-hydrogen) atoms. The highest BCUT2D eigenvalue weighted by Gasteiger charge is 2.17. The molecule has 0 bridgehead atoms. The number of hydrogen-bond donors (Lipinski definition) is 4. The molecule has 1 fully saturated rings. The highest BCUT2D eigenvalue weighted by atomic mass is 15.2. The van der Waals surface area contributed by atoms with Gasteiger partial charge in [-0.15, -0.1) is 0 Å². The van der Waals surface area contributed by atoms with Crippen LogP contribution in [0.15, 0.2) is 11.9 Å². The van der Waals surface area contributed by atoms with Crippen molar-refractivity contribution in [3.63, 3.8) is 0 Å². The van der Waals surface area contributed by atoms with Crippen LogP contribution in [0.3, 0.4) is 0 Å². The Kier molecular flexibility index (Phi) is 2.53. The number of nitrogens with two attached hydrogens (primary N) is 2. The molecule has 1 unspecified atom stereocenters. The van der Waals surface area contributed by atoms with Crippen molar-refractivity contribution < 1.29 is 0 Å². The van der Waals surface area contributed by atoms with Crippen LogP contribution >= 0.6 is 0 Å². The first-order valence-corrected chi connectivity index (χ1v) is 3.47. The maximum absolute atomic E-state index is 5.33. The number of hydrazine groups is 1. The van der Waals surface area contributed by atoms with E-state index in [-0.39, 0.29) is 0 Å². The summed E-state index contributed by atoms with van der Waals surface area (Å²) >= 11 is 0. The summed E-state index contributed by atoms with van der Waals surface area (Å²) in [6.07, 6.45) is 2.66. The van der Waals surface area contributed by atoms with Crippen LogP contribution in [-0.2, 0) is 0 Å². The van der Waals surface area contributed by atoms with Gasteiger partial charge in [-0.25, -0.2) is 0 Å². The Morgan fingerprint density at radius 2 is 2.50 bits per heavy atom. The topological polar surface area (TPSA) is 76.1 Å². The van der Waals surface area contributed by atoms with Crippen LogP contribution in [0.5, 0.6) is 0 Å². The van der Waals surface area contributed by atoms with Gasteiger partial charge in [0.25, 0.3) is 0 Å². The van der Waals surface area contributed by atoms with Crippen LogP contribution in [0.2, 0.25) is 0 Å². The van der Waals surface area contributed by atoms with E-state index in [9.17, 15) is 0 Å². The molecule has 1 saturated heterocycles. The van der Waals surface area contributed by atoms with Crippen molar-refractivity contribution in [2.75, 3.05) is 13.1 Å². The Hall–Kier alpha value is -0.740. The average Bonchev–Trinajstić information content (AvgIpc) is 2.43. The fraction of sp³-hybridized carbons (Fsp3) is 0.667. The molecule has 1 heterocycles. The minimum Gasteiger partial charge on any atom is -0.403 e. The van der Waals surface area contributed by atoms with Gasteiger partial charge in [0.1, 0.15) is 0 Å². The SMILES string of the molecule is N/C=C(\NN)C1CCNC1. The first-order chi connectivity index (χ1) is 4.88. The van der Waals surface area contributed by atoms with E-state index in [1.807, 2.05) is 0 Å². The molecule has 0 aromatic rings. The molecule has 0 aliphatic carbocycles. The van der Waals surface area contributed by atoms with Crippen molar-refractivity contribution in [2.24, 2.45) is 17.5 Å². The monoisotopic (exact) mass is 142 g/mol. The molecule has 0 radical (unpaired) electrons. The summed E-state index contributed by atoms with van der Waals surface area (Å²) in [5.74, 6) is 5.72. The molecule has 4 heteroatoms. The minimum atomic E-state index is 0.481. The van der Waals surface area contributed by atoms with Crippen LogP contribution in [-0.4, -0.2) is 13.1 Å². The van der Waals surface area contributed by atoms with Gasteiger partial charge in [-0.05, 0) is 13.0 Å².